The van der Waals surface area contributed by atoms with Crippen LogP contribution < -0.4 is 0 Å². The maximum atomic E-state index is 4.33. The fourth-order valence-corrected chi connectivity index (χ4v) is 3.62. The minimum Gasteiger partial charge on any atom is -0.295 e. The number of hydrogen-bond donors (Lipinski definition) is 0. The second-order valence-electron chi connectivity index (χ2n) is 7.82. The van der Waals surface area contributed by atoms with Crippen molar-refractivity contribution < 1.29 is 19.5 Å². The molecule has 0 N–H and O–H groups in total. The summed E-state index contributed by atoms with van der Waals surface area (Å²) in [5, 5.41) is 0. The molecule has 6 aromatic rings. The third kappa shape index (κ3) is 6.87. The zero-order valence-corrected chi connectivity index (χ0v) is 21.6. The minimum absolute atomic E-state index is 0. The van der Waals surface area contributed by atoms with Crippen molar-refractivity contribution in [1.29, 1.82) is 0 Å². The van der Waals surface area contributed by atoms with Gasteiger partial charge < -0.3 is 0 Å². The number of benzene rings is 2. The summed E-state index contributed by atoms with van der Waals surface area (Å²) in [6.45, 7) is 0. The van der Waals surface area contributed by atoms with E-state index in [0.717, 1.165) is 45.0 Å². The Balaban J connectivity index is 0.000000168. The summed E-state index contributed by atoms with van der Waals surface area (Å²) >= 11 is 0. The van der Waals surface area contributed by atoms with E-state index in [-0.39, 0.29) is 19.5 Å². The monoisotopic (exact) mass is 564 g/mol. The van der Waals surface area contributed by atoms with Gasteiger partial charge in [-0.3, -0.25) is 19.9 Å². The molecular weight excluding hydrogens is 541 g/mol. The van der Waals surface area contributed by atoms with E-state index in [4.69, 9.17) is 0 Å². The normalized spacial score (nSPS) is 9.95. The average Bonchev–Trinajstić information content (AvgIpc) is 2.99. The second kappa shape index (κ2) is 13.1. The summed E-state index contributed by atoms with van der Waals surface area (Å²) in [6, 6.07) is 42.2. The predicted octanol–water partition coefficient (Wildman–Crippen LogP) is 7.22. The topological polar surface area (TPSA) is 51.6 Å². The average molecular weight is 564 g/mol. The van der Waals surface area contributed by atoms with Crippen LogP contribution in [-0.4, -0.2) is 19.9 Å². The third-order valence-electron chi connectivity index (χ3n) is 5.35. The molecular formula is C32H22N4Ru. The summed E-state index contributed by atoms with van der Waals surface area (Å²) < 4.78 is 0. The van der Waals surface area contributed by atoms with E-state index in [9.17, 15) is 0 Å². The van der Waals surface area contributed by atoms with Gasteiger partial charge in [0.2, 0.25) is 0 Å². The first-order chi connectivity index (χ1) is 17.9. The van der Waals surface area contributed by atoms with Crippen molar-refractivity contribution in [1.82, 2.24) is 19.9 Å². The van der Waals surface area contributed by atoms with E-state index in [1.165, 1.54) is 0 Å². The van der Waals surface area contributed by atoms with Crippen LogP contribution in [0.1, 0.15) is 0 Å². The standard InChI is InChI=1S/2C16H11N2.Ru/c2*1-3-10-17-15(8-1)13-6-5-7-14(12-13)16-9-2-4-11-18-16;/h2*1-11H;/q2*-1;+2. The fourth-order valence-electron chi connectivity index (χ4n) is 3.62. The number of pyridine rings is 4. The quantitative estimate of drug-likeness (QED) is 0.168. The molecule has 0 amide bonds. The molecule has 0 aliphatic heterocycles. The summed E-state index contributed by atoms with van der Waals surface area (Å²) in [4.78, 5) is 17.3. The van der Waals surface area contributed by atoms with Gasteiger partial charge >= 0.3 is 19.5 Å². The van der Waals surface area contributed by atoms with Crippen LogP contribution in [-0.2, 0) is 19.5 Å². The van der Waals surface area contributed by atoms with E-state index in [1.54, 1.807) is 24.8 Å². The van der Waals surface area contributed by atoms with Crippen LogP contribution in [0.5, 0.6) is 0 Å². The first-order valence-corrected chi connectivity index (χ1v) is 11.6. The molecule has 0 saturated carbocycles. The molecule has 6 rings (SSSR count). The van der Waals surface area contributed by atoms with E-state index in [0.29, 0.717) is 0 Å². The van der Waals surface area contributed by atoms with Crippen molar-refractivity contribution in [2.45, 2.75) is 0 Å². The van der Waals surface area contributed by atoms with Crippen LogP contribution in [0, 0.1) is 12.1 Å². The number of nitrogens with zero attached hydrogens (tertiary/aromatic N) is 4. The molecule has 0 spiro atoms. The summed E-state index contributed by atoms with van der Waals surface area (Å²) in [7, 11) is 0. The fraction of sp³-hybridized carbons (Fsp3) is 0. The molecule has 0 fully saturated rings. The molecule has 2 aromatic carbocycles. The van der Waals surface area contributed by atoms with E-state index < -0.39 is 0 Å². The van der Waals surface area contributed by atoms with Gasteiger partial charge in [-0.2, -0.15) is 0 Å². The number of aromatic nitrogens is 4. The molecule has 0 radical (unpaired) electrons. The zero-order valence-electron chi connectivity index (χ0n) is 19.8. The summed E-state index contributed by atoms with van der Waals surface area (Å²) in [5.74, 6) is 0. The summed E-state index contributed by atoms with van der Waals surface area (Å²) in [6.07, 6.45) is 7.15. The van der Waals surface area contributed by atoms with Gasteiger partial charge in [0.1, 0.15) is 0 Å². The van der Waals surface area contributed by atoms with E-state index in [1.807, 2.05) is 109 Å². The van der Waals surface area contributed by atoms with Crippen LogP contribution in [0.25, 0.3) is 45.0 Å². The SMILES string of the molecule is [Ru+2].[c-]1c(-c2ccccn2)cccc1-c1ccccn1.[c-]1c(-c2ccccn2)cccc1-c1ccccn1. The molecule has 4 aromatic heterocycles. The molecule has 178 valence electrons. The van der Waals surface area contributed by atoms with Crippen LogP contribution in [0.4, 0.5) is 0 Å². The molecule has 0 atom stereocenters. The number of rotatable bonds is 4. The molecule has 37 heavy (non-hydrogen) atoms. The maximum absolute atomic E-state index is 4.33. The molecule has 0 aliphatic rings. The third-order valence-corrected chi connectivity index (χ3v) is 5.35. The molecule has 0 aliphatic carbocycles. The first kappa shape index (κ1) is 25.7. The maximum Gasteiger partial charge on any atom is 2.00 e. The minimum atomic E-state index is 0. The molecule has 4 nitrogen and oxygen atoms in total. The Labute approximate surface area is 229 Å². The van der Waals surface area contributed by atoms with Gasteiger partial charge in [-0.1, -0.05) is 70.8 Å². The Morgan fingerprint density at radius 1 is 0.324 bits per heavy atom. The van der Waals surface area contributed by atoms with Crippen LogP contribution in [0.2, 0.25) is 0 Å². The van der Waals surface area contributed by atoms with Crippen LogP contribution >= 0.6 is 0 Å². The van der Waals surface area contributed by atoms with Crippen molar-refractivity contribution in [2.75, 3.05) is 0 Å². The molecule has 4 heterocycles. The van der Waals surface area contributed by atoms with Crippen molar-refractivity contribution in [3.8, 4) is 45.0 Å². The van der Waals surface area contributed by atoms with Crippen LogP contribution in [0.3, 0.4) is 0 Å². The zero-order chi connectivity index (χ0) is 24.4. The largest absolute Gasteiger partial charge is 2.00 e. The Kier molecular flexibility index (Phi) is 9.12. The van der Waals surface area contributed by atoms with Crippen molar-refractivity contribution in [3.63, 3.8) is 0 Å². The summed E-state index contributed by atoms with van der Waals surface area (Å²) in [5.41, 5.74) is 7.64. The predicted molar refractivity (Wildman–Crippen MR) is 143 cm³/mol. The Hall–Kier alpha value is -4.34. The van der Waals surface area contributed by atoms with Gasteiger partial charge in [0.05, 0.1) is 0 Å². The van der Waals surface area contributed by atoms with Gasteiger partial charge in [-0.15, -0.1) is 48.5 Å². The Bertz CT molecular complexity index is 1280. The van der Waals surface area contributed by atoms with Crippen molar-refractivity contribution in [2.24, 2.45) is 0 Å². The van der Waals surface area contributed by atoms with Crippen molar-refractivity contribution in [3.05, 3.63) is 146 Å². The van der Waals surface area contributed by atoms with Gasteiger partial charge in [0.15, 0.2) is 0 Å². The van der Waals surface area contributed by atoms with Gasteiger partial charge in [0, 0.05) is 47.6 Å². The molecule has 0 bridgehead atoms. The Morgan fingerprint density at radius 2 is 0.595 bits per heavy atom. The van der Waals surface area contributed by atoms with Crippen molar-refractivity contribution >= 4 is 0 Å². The molecule has 0 unspecified atom stereocenters. The van der Waals surface area contributed by atoms with E-state index in [2.05, 4.69) is 32.1 Å². The first-order valence-electron chi connectivity index (χ1n) is 11.6. The van der Waals surface area contributed by atoms with Gasteiger partial charge in [-0.05, 0) is 24.3 Å². The molecule has 0 saturated heterocycles. The number of hydrogen-bond acceptors (Lipinski definition) is 4. The van der Waals surface area contributed by atoms with E-state index >= 15 is 0 Å². The molecule has 5 heteroatoms. The van der Waals surface area contributed by atoms with Gasteiger partial charge in [-0.25, -0.2) is 0 Å². The smallest absolute Gasteiger partial charge is 0.295 e. The van der Waals surface area contributed by atoms with Gasteiger partial charge in [0.25, 0.3) is 0 Å². The Morgan fingerprint density at radius 3 is 0.811 bits per heavy atom. The second-order valence-corrected chi connectivity index (χ2v) is 7.82. The van der Waals surface area contributed by atoms with Crippen LogP contribution in [0.15, 0.2) is 134 Å².